The van der Waals surface area contributed by atoms with Crippen molar-refractivity contribution >= 4 is 17.3 Å². The van der Waals surface area contributed by atoms with Gasteiger partial charge in [0.25, 0.3) is 0 Å². The van der Waals surface area contributed by atoms with Crippen LogP contribution in [0.1, 0.15) is 31.5 Å². The number of nitrogens with two attached hydrogens (primary N) is 1. The Morgan fingerprint density at radius 1 is 1.47 bits per heavy atom. The first kappa shape index (κ1) is 14.3. The maximum atomic E-state index is 5.98. The van der Waals surface area contributed by atoms with Gasteiger partial charge in [-0.15, -0.1) is 11.3 Å². The number of aliphatic imine (C=N–C) groups is 1. The van der Waals surface area contributed by atoms with Crippen LogP contribution in [0, 0.1) is 0 Å². The molecule has 1 fully saturated rings. The minimum Gasteiger partial charge on any atom is -0.378 e. The molecule has 0 bridgehead atoms. The summed E-state index contributed by atoms with van der Waals surface area (Å²) < 4.78 is 5.29. The number of aromatic nitrogens is 1. The van der Waals surface area contributed by atoms with Crippen molar-refractivity contribution in [1.29, 1.82) is 0 Å². The molecule has 2 N–H and O–H groups in total. The fourth-order valence-electron chi connectivity index (χ4n) is 1.78. The Balaban J connectivity index is 1.95. The molecule has 0 saturated carbocycles. The lowest BCUT2D eigenvalue weighted by atomic mass is 9.98. The van der Waals surface area contributed by atoms with E-state index in [4.69, 9.17) is 10.5 Å². The third kappa shape index (κ3) is 3.91. The molecule has 0 unspecified atom stereocenters. The van der Waals surface area contributed by atoms with Gasteiger partial charge in [-0.05, 0) is 0 Å². The maximum absolute atomic E-state index is 5.98. The Hall–Kier alpha value is -1.14. The molecule has 5 nitrogen and oxygen atoms in total. The van der Waals surface area contributed by atoms with Crippen LogP contribution in [0.5, 0.6) is 0 Å². The van der Waals surface area contributed by atoms with Crippen LogP contribution >= 0.6 is 11.3 Å². The molecular weight excluding hydrogens is 260 g/mol. The van der Waals surface area contributed by atoms with Gasteiger partial charge >= 0.3 is 0 Å². The zero-order valence-corrected chi connectivity index (χ0v) is 12.7. The van der Waals surface area contributed by atoms with Crippen LogP contribution in [0.15, 0.2) is 10.4 Å². The summed E-state index contributed by atoms with van der Waals surface area (Å²) in [5.41, 5.74) is 7.08. The highest BCUT2D eigenvalue weighted by Gasteiger charge is 2.18. The van der Waals surface area contributed by atoms with E-state index in [0.717, 1.165) is 37.0 Å². The fourth-order valence-corrected chi connectivity index (χ4v) is 2.68. The summed E-state index contributed by atoms with van der Waals surface area (Å²) in [4.78, 5) is 11.1. The smallest absolute Gasteiger partial charge is 0.191 e. The predicted octanol–water partition coefficient (Wildman–Crippen LogP) is 1.59. The minimum absolute atomic E-state index is 0.0996. The van der Waals surface area contributed by atoms with Crippen LogP contribution in [0.4, 0.5) is 0 Å². The molecule has 0 amide bonds. The van der Waals surface area contributed by atoms with Crippen LogP contribution in [0.25, 0.3) is 0 Å². The summed E-state index contributed by atoms with van der Waals surface area (Å²) in [5, 5.41) is 3.21. The highest BCUT2D eigenvalue weighted by Crippen LogP contribution is 2.25. The summed E-state index contributed by atoms with van der Waals surface area (Å²) in [7, 11) is 0. The van der Waals surface area contributed by atoms with Gasteiger partial charge in [-0.2, -0.15) is 0 Å². The van der Waals surface area contributed by atoms with Crippen molar-refractivity contribution < 1.29 is 4.74 Å². The molecule has 0 atom stereocenters. The number of hydrogen-bond donors (Lipinski definition) is 1. The third-order valence-corrected chi connectivity index (χ3v) is 4.25. The van der Waals surface area contributed by atoms with Gasteiger partial charge in [0.15, 0.2) is 5.96 Å². The Morgan fingerprint density at radius 2 is 2.16 bits per heavy atom. The van der Waals surface area contributed by atoms with Crippen LogP contribution in [0.3, 0.4) is 0 Å². The molecule has 2 rings (SSSR count). The zero-order chi connectivity index (χ0) is 13.9. The molecule has 6 heteroatoms. The van der Waals surface area contributed by atoms with E-state index < -0.39 is 0 Å². The lowest BCUT2D eigenvalue weighted by Gasteiger charge is -2.27. The van der Waals surface area contributed by atoms with Crippen LogP contribution < -0.4 is 5.73 Å². The largest absolute Gasteiger partial charge is 0.378 e. The molecule has 19 heavy (non-hydrogen) atoms. The third-order valence-electron chi connectivity index (χ3n) is 2.93. The van der Waals surface area contributed by atoms with Crippen molar-refractivity contribution in [3.05, 3.63) is 16.1 Å². The monoisotopic (exact) mass is 282 g/mol. The lowest BCUT2D eigenvalue weighted by Crippen LogP contribution is -2.44. The average molecular weight is 282 g/mol. The first-order valence-electron chi connectivity index (χ1n) is 6.54. The van der Waals surface area contributed by atoms with Crippen molar-refractivity contribution in [2.24, 2.45) is 10.7 Å². The molecule has 0 aliphatic carbocycles. The molecule has 1 aromatic rings. The Kier molecular flexibility index (Phi) is 4.42. The average Bonchev–Trinajstić information content (AvgIpc) is 2.86. The molecular formula is C13H22N4OS. The van der Waals surface area contributed by atoms with E-state index in [2.05, 4.69) is 41.0 Å². The Bertz CT molecular complexity index is 444. The van der Waals surface area contributed by atoms with Crippen molar-refractivity contribution in [3.63, 3.8) is 0 Å². The molecule has 0 aromatic carbocycles. The number of morpholine rings is 1. The van der Waals surface area contributed by atoms with E-state index >= 15 is 0 Å². The van der Waals surface area contributed by atoms with E-state index in [9.17, 15) is 0 Å². The summed E-state index contributed by atoms with van der Waals surface area (Å²) in [6.45, 7) is 10.1. The van der Waals surface area contributed by atoms with Gasteiger partial charge in [0.2, 0.25) is 0 Å². The highest BCUT2D eigenvalue weighted by atomic mass is 32.1. The van der Waals surface area contributed by atoms with E-state index in [1.807, 2.05) is 0 Å². The van der Waals surface area contributed by atoms with Gasteiger partial charge in [0, 0.05) is 23.9 Å². The Labute approximate surface area is 118 Å². The van der Waals surface area contributed by atoms with Crippen LogP contribution in [-0.4, -0.2) is 42.1 Å². The standard InChI is InChI=1S/C13H22N4OS/c1-13(2,3)11-16-10(9-19-11)8-15-12(14)17-4-6-18-7-5-17/h9H,4-8H2,1-3H3,(H2,14,15). The second-order valence-corrected chi connectivity index (χ2v) is 6.53. The first-order valence-corrected chi connectivity index (χ1v) is 7.42. The molecule has 2 heterocycles. The molecule has 1 saturated heterocycles. The van der Waals surface area contributed by atoms with E-state index in [0.29, 0.717) is 12.5 Å². The van der Waals surface area contributed by atoms with E-state index in [-0.39, 0.29) is 5.41 Å². The highest BCUT2D eigenvalue weighted by molar-refractivity contribution is 7.09. The normalized spacial score (nSPS) is 17.8. The summed E-state index contributed by atoms with van der Waals surface area (Å²) >= 11 is 1.69. The number of guanidine groups is 1. The van der Waals surface area contributed by atoms with E-state index in [1.165, 1.54) is 0 Å². The van der Waals surface area contributed by atoms with Crippen molar-refractivity contribution in [1.82, 2.24) is 9.88 Å². The predicted molar refractivity (Wildman–Crippen MR) is 78.5 cm³/mol. The molecule has 0 spiro atoms. The molecule has 0 radical (unpaired) electrons. The number of hydrogen-bond acceptors (Lipinski definition) is 4. The molecule has 1 aliphatic heterocycles. The quantitative estimate of drug-likeness (QED) is 0.661. The number of ether oxygens (including phenoxy) is 1. The number of rotatable bonds is 2. The topological polar surface area (TPSA) is 63.7 Å². The van der Waals surface area contributed by atoms with E-state index in [1.54, 1.807) is 11.3 Å². The summed E-state index contributed by atoms with van der Waals surface area (Å²) in [6.07, 6.45) is 0. The Morgan fingerprint density at radius 3 is 2.74 bits per heavy atom. The summed E-state index contributed by atoms with van der Waals surface area (Å²) in [6, 6.07) is 0. The van der Waals surface area contributed by atoms with Gasteiger partial charge in [-0.1, -0.05) is 20.8 Å². The summed E-state index contributed by atoms with van der Waals surface area (Å²) in [5.74, 6) is 0.591. The number of nitrogens with zero attached hydrogens (tertiary/aromatic N) is 3. The van der Waals surface area contributed by atoms with Crippen molar-refractivity contribution in [2.45, 2.75) is 32.7 Å². The van der Waals surface area contributed by atoms with Crippen molar-refractivity contribution in [2.75, 3.05) is 26.3 Å². The second-order valence-electron chi connectivity index (χ2n) is 5.67. The fraction of sp³-hybridized carbons (Fsp3) is 0.692. The van der Waals surface area contributed by atoms with Crippen LogP contribution in [0.2, 0.25) is 0 Å². The molecule has 106 valence electrons. The van der Waals surface area contributed by atoms with Gasteiger partial charge < -0.3 is 15.4 Å². The van der Waals surface area contributed by atoms with Gasteiger partial charge in [0.05, 0.1) is 30.5 Å². The maximum Gasteiger partial charge on any atom is 0.191 e. The first-order chi connectivity index (χ1) is 8.97. The molecule has 1 aliphatic rings. The zero-order valence-electron chi connectivity index (χ0n) is 11.8. The van der Waals surface area contributed by atoms with Gasteiger partial charge in [0.1, 0.15) is 0 Å². The van der Waals surface area contributed by atoms with Crippen molar-refractivity contribution in [3.8, 4) is 0 Å². The number of thiazole rings is 1. The second kappa shape index (κ2) is 5.88. The lowest BCUT2D eigenvalue weighted by molar-refractivity contribution is 0.0674. The van der Waals surface area contributed by atoms with Gasteiger partial charge in [-0.25, -0.2) is 9.98 Å². The van der Waals surface area contributed by atoms with Gasteiger partial charge in [-0.3, -0.25) is 0 Å². The minimum atomic E-state index is 0.0996. The molecule has 1 aromatic heterocycles. The van der Waals surface area contributed by atoms with Crippen LogP contribution in [-0.2, 0) is 16.7 Å². The SMILES string of the molecule is CC(C)(C)c1nc(CN=C(N)N2CCOCC2)cs1.